The highest BCUT2D eigenvalue weighted by molar-refractivity contribution is 5.76. The number of nitrogens with zero attached hydrogens (tertiary/aromatic N) is 1. The summed E-state index contributed by atoms with van der Waals surface area (Å²) < 4.78 is 0. The van der Waals surface area contributed by atoms with E-state index >= 15 is 0 Å². The van der Waals surface area contributed by atoms with Crippen molar-refractivity contribution in [1.82, 2.24) is 10.2 Å². The van der Waals surface area contributed by atoms with Gasteiger partial charge in [-0.3, -0.25) is 4.79 Å². The number of likely N-dealkylation sites (tertiary alicyclic amines) is 1. The van der Waals surface area contributed by atoms with Crippen molar-refractivity contribution in [2.24, 2.45) is 5.92 Å². The molecule has 3 heteroatoms. The number of carbonyl (C=O) groups is 1. The summed E-state index contributed by atoms with van der Waals surface area (Å²) in [5, 5.41) is 3.16. The Hall–Kier alpha value is -0.570. The second kappa shape index (κ2) is 4.97. The van der Waals surface area contributed by atoms with Gasteiger partial charge in [-0.2, -0.15) is 0 Å². The maximum absolute atomic E-state index is 11.7. The lowest BCUT2D eigenvalue weighted by atomic mass is 10.0. The molecule has 86 valence electrons. The van der Waals surface area contributed by atoms with Crippen LogP contribution in [-0.2, 0) is 4.79 Å². The van der Waals surface area contributed by atoms with Crippen molar-refractivity contribution in [2.45, 2.75) is 44.6 Å². The predicted octanol–water partition coefficient (Wildman–Crippen LogP) is 1.39. The molecule has 1 heterocycles. The number of amides is 1. The molecule has 0 aromatic carbocycles. The minimum atomic E-state index is 0.280. The molecule has 3 nitrogen and oxygen atoms in total. The van der Waals surface area contributed by atoms with Gasteiger partial charge in [0.05, 0.1) is 0 Å². The Bertz CT molecular complexity index is 224. The maximum atomic E-state index is 11.7. The van der Waals surface area contributed by atoms with Crippen molar-refractivity contribution >= 4 is 5.91 Å². The lowest BCUT2D eigenvalue weighted by molar-refractivity contribution is -0.122. The van der Waals surface area contributed by atoms with Crippen LogP contribution in [0.2, 0.25) is 0 Å². The predicted molar refractivity (Wildman–Crippen MR) is 60.6 cm³/mol. The molecule has 0 aromatic rings. The molecule has 2 rings (SSSR count). The summed E-state index contributed by atoms with van der Waals surface area (Å²) in [5.74, 6) is 0.874. The summed E-state index contributed by atoms with van der Waals surface area (Å²) in [4.78, 5) is 14.0. The zero-order valence-corrected chi connectivity index (χ0v) is 9.67. The van der Waals surface area contributed by atoms with Crippen LogP contribution in [0.1, 0.15) is 38.5 Å². The van der Waals surface area contributed by atoms with Crippen LogP contribution in [0.25, 0.3) is 0 Å². The van der Waals surface area contributed by atoms with Crippen LogP contribution in [0.15, 0.2) is 0 Å². The van der Waals surface area contributed by atoms with Crippen LogP contribution in [-0.4, -0.2) is 37.0 Å². The molecule has 1 amide bonds. The Balaban J connectivity index is 1.67. The fourth-order valence-corrected chi connectivity index (χ4v) is 2.81. The van der Waals surface area contributed by atoms with E-state index in [0.29, 0.717) is 12.0 Å². The number of hydrogen-bond donors (Lipinski definition) is 1. The molecule has 1 saturated carbocycles. The van der Waals surface area contributed by atoms with Crippen molar-refractivity contribution in [1.29, 1.82) is 0 Å². The quantitative estimate of drug-likeness (QED) is 0.763. The molecular weight excluding hydrogens is 188 g/mol. The van der Waals surface area contributed by atoms with Gasteiger partial charge in [0.15, 0.2) is 0 Å². The van der Waals surface area contributed by atoms with E-state index in [2.05, 4.69) is 17.3 Å². The second-order valence-electron chi connectivity index (χ2n) is 5.17. The topological polar surface area (TPSA) is 32.3 Å². The van der Waals surface area contributed by atoms with Crippen molar-refractivity contribution < 1.29 is 4.79 Å². The molecule has 0 bridgehead atoms. The lowest BCUT2D eigenvalue weighted by Gasteiger charge is -2.14. The second-order valence-corrected chi connectivity index (χ2v) is 5.17. The fourth-order valence-electron chi connectivity index (χ4n) is 2.81. The fraction of sp³-hybridized carbons (Fsp3) is 0.917. The smallest absolute Gasteiger partial charge is 0.220 e. The van der Waals surface area contributed by atoms with Crippen molar-refractivity contribution in [3.8, 4) is 0 Å². The minimum absolute atomic E-state index is 0.280. The van der Waals surface area contributed by atoms with Crippen LogP contribution >= 0.6 is 0 Å². The molecule has 2 fully saturated rings. The van der Waals surface area contributed by atoms with Gasteiger partial charge in [-0.15, -0.1) is 0 Å². The van der Waals surface area contributed by atoms with E-state index in [9.17, 15) is 4.79 Å². The first-order valence-electron chi connectivity index (χ1n) is 6.22. The summed E-state index contributed by atoms with van der Waals surface area (Å²) in [6, 6.07) is 0.483. The van der Waals surface area contributed by atoms with Gasteiger partial charge in [-0.05, 0) is 38.8 Å². The third-order valence-corrected chi connectivity index (χ3v) is 3.68. The number of rotatable bonds is 3. The van der Waals surface area contributed by atoms with Gasteiger partial charge in [0.25, 0.3) is 0 Å². The van der Waals surface area contributed by atoms with E-state index in [-0.39, 0.29) is 5.91 Å². The Morgan fingerprint density at radius 3 is 2.67 bits per heavy atom. The Morgan fingerprint density at radius 1 is 1.33 bits per heavy atom. The minimum Gasteiger partial charge on any atom is -0.353 e. The van der Waals surface area contributed by atoms with Gasteiger partial charge in [0, 0.05) is 19.0 Å². The Kier molecular flexibility index (Phi) is 3.62. The Labute approximate surface area is 92.2 Å². The monoisotopic (exact) mass is 210 g/mol. The number of carbonyl (C=O) groups excluding carboxylic acids is 1. The standard InChI is InChI=1S/C12H22N2O/c1-14-7-6-10(9-14)8-12(15)13-11-4-2-3-5-11/h10-11H,2-9H2,1H3,(H,13,15). The number of hydrogen-bond acceptors (Lipinski definition) is 2. The largest absolute Gasteiger partial charge is 0.353 e. The van der Waals surface area contributed by atoms with E-state index in [0.717, 1.165) is 19.5 Å². The molecule has 1 aliphatic heterocycles. The zero-order chi connectivity index (χ0) is 10.7. The zero-order valence-electron chi connectivity index (χ0n) is 9.67. The summed E-state index contributed by atoms with van der Waals surface area (Å²) >= 11 is 0. The molecule has 0 spiro atoms. The highest BCUT2D eigenvalue weighted by Gasteiger charge is 2.23. The third-order valence-electron chi connectivity index (χ3n) is 3.68. The van der Waals surface area contributed by atoms with E-state index in [1.165, 1.54) is 32.1 Å². The Morgan fingerprint density at radius 2 is 2.07 bits per heavy atom. The highest BCUT2D eigenvalue weighted by atomic mass is 16.1. The first kappa shape index (κ1) is 10.9. The van der Waals surface area contributed by atoms with E-state index < -0.39 is 0 Å². The maximum Gasteiger partial charge on any atom is 0.220 e. The molecule has 0 radical (unpaired) electrons. The molecule has 1 saturated heterocycles. The highest BCUT2D eigenvalue weighted by Crippen LogP contribution is 2.20. The normalized spacial score (nSPS) is 28.5. The SMILES string of the molecule is CN1CCC(CC(=O)NC2CCCC2)C1. The van der Waals surface area contributed by atoms with Crippen molar-refractivity contribution in [3.05, 3.63) is 0 Å². The average Bonchev–Trinajstić information content (AvgIpc) is 2.77. The summed E-state index contributed by atoms with van der Waals surface area (Å²) in [7, 11) is 2.13. The summed E-state index contributed by atoms with van der Waals surface area (Å²) in [5.41, 5.74) is 0. The van der Waals surface area contributed by atoms with Gasteiger partial charge < -0.3 is 10.2 Å². The van der Waals surface area contributed by atoms with Crippen molar-refractivity contribution in [2.75, 3.05) is 20.1 Å². The van der Waals surface area contributed by atoms with Crippen LogP contribution in [0.3, 0.4) is 0 Å². The molecule has 1 atom stereocenters. The van der Waals surface area contributed by atoms with Crippen LogP contribution in [0.5, 0.6) is 0 Å². The molecule has 0 aromatic heterocycles. The first-order chi connectivity index (χ1) is 7.24. The van der Waals surface area contributed by atoms with Crippen LogP contribution < -0.4 is 5.32 Å². The molecule has 1 unspecified atom stereocenters. The van der Waals surface area contributed by atoms with E-state index in [4.69, 9.17) is 0 Å². The first-order valence-corrected chi connectivity index (χ1v) is 6.22. The van der Waals surface area contributed by atoms with Gasteiger partial charge in [-0.25, -0.2) is 0 Å². The molecule has 15 heavy (non-hydrogen) atoms. The van der Waals surface area contributed by atoms with Gasteiger partial charge in [-0.1, -0.05) is 12.8 Å². The van der Waals surface area contributed by atoms with Gasteiger partial charge in [0.1, 0.15) is 0 Å². The lowest BCUT2D eigenvalue weighted by Crippen LogP contribution is -2.34. The average molecular weight is 210 g/mol. The van der Waals surface area contributed by atoms with Gasteiger partial charge >= 0.3 is 0 Å². The van der Waals surface area contributed by atoms with Crippen LogP contribution in [0, 0.1) is 5.92 Å². The third kappa shape index (κ3) is 3.20. The van der Waals surface area contributed by atoms with E-state index in [1.54, 1.807) is 0 Å². The van der Waals surface area contributed by atoms with Gasteiger partial charge in [0.2, 0.25) is 5.91 Å². The molecule has 2 aliphatic rings. The number of nitrogens with one attached hydrogen (secondary N) is 1. The summed E-state index contributed by atoms with van der Waals surface area (Å²) in [6.07, 6.45) is 6.89. The molecule has 1 N–H and O–H groups in total. The molecular formula is C12H22N2O. The van der Waals surface area contributed by atoms with Crippen molar-refractivity contribution in [3.63, 3.8) is 0 Å². The molecule has 1 aliphatic carbocycles. The summed E-state index contributed by atoms with van der Waals surface area (Å²) in [6.45, 7) is 2.25. The van der Waals surface area contributed by atoms with Crippen LogP contribution in [0.4, 0.5) is 0 Å². The van der Waals surface area contributed by atoms with E-state index in [1.807, 2.05) is 0 Å².